The fourth-order valence-electron chi connectivity index (χ4n) is 1.68. The molecule has 1 atom stereocenters. The van der Waals surface area contributed by atoms with Crippen molar-refractivity contribution >= 4 is 5.97 Å². The van der Waals surface area contributed by atoms with E-state index in [0.29, 0.717) is 6.54 Å². The van der Waals surface area contributed by atoms with Gasteiger partial charge in [-0.15, -0.1) is 0 Å². The smallest absolute Gasteiger partial charge is 0.329 e. The lowest BCUT2D eigenvalue weighted by molar-refractivity contribution is -0.151. The summed E-state index contributed by atoms with van der Waals surface area (Å²) in [4.78, 5) is 12.0. The van der Waals surface area contributed by atoms with Crippen molar-refractivity contribution in [3.8, 4) is 5.75 Å². The average molecular weight is 301 g/mol. The third-order valence-electron chi connectivity index (χ3n) is 2.90. The summed E-state index contributed by atoms with van der Waals surface area (Å²) in [5.74, 6) is -2.01. The molecule has 0 aliphatic rings. The first kappa shape index (κ1) is 17.4. The number of hydrogen-bond acceptors (Lipinski definition) is 4. The predicted molar refractivity (Wildman–Crippen MR) is 75.2 cm³/mol. The molecule has 0 saturated heterocycles. The summed E-state index contributed by atoms with van der Waals surface area (Å²) in [6.45, 7) is 5.90. The predicted octanol–water partition coefficient (Wildman–Crippen LogP) is 2.67. The lowest BCUT2D eigenvalue weighted by atomic mass is 10.0. The van der Waals surface area contributed by atoms with Gasteiger partial charge in [-0.25, -0.2) is 13.6 Å². The van der Waals surface area contributed by atoms with E-state index in [1.165, 1.54) is 0 Å². The molecule has 1 N–H and O–H groups in total. The first-order valence-corrected chi connectivity index (χ1v) is 6.93. The molecule has 1 unspecified atom stereocenters. The maximum Gasteiger partial charge on any atom is 0.329 e. The highest BCUT2D eigenvalue weighted by Gasteiger charge is 2.35. The maximum atomic E-state index is 13.5. The second-order valence-electron chi connectivity index (χ2n) is 4.84. The third-order valence-corrected chi connectivity index (χ3v) is 2.90. The minimum Gasteiger partial charge on any atom is -0.488 e. The second kappa shape index (κ2) is 7.93. The van der Waals surface area contributed by atoms with Crippen molar-refractivity contribution in [3.05, 3.63) is 29.8 Å². The van der Waals surface area contributed by atoms with Gasteiger partial charge in [-0.3, -0.25) is 5.32 Å². The number of nitrogens with one attached hydrogen (secondary N) is 1. The maximum absolute atomic E-state index is 13.5. The van der Waals surface area contributed by atoms with Crippen LogP contribution in [-0.2, 0) is 9.53 Å². The molecule has 1 aromatic carbocycles. The summed E-state index contributed by atoms with van der Waals surface area (Å²) in [5, 5.41) is 3.02. The monoisotopic (exact) mass is 301 g/mol. The van der Waals surface area contributed by atoms with E-state index >= 15 is 0 Å². The number of benzene rings is 1. The normalized spacial score (nSPS) is 13.6. The SMILES string of the molecule is CCCNC(C)(COc1cc(F)ccc1F)C(=O)OCC. The molecule has 6 heteroatoms. The van der Waals surface area contributed by atoms with Crippen LogP contribution in [0.1, 0.15) is 27.2 Å². The van der Waals surface area contributed by atoms with E-state index in [1.54, 1.807) is 13.8 Å². The molecule has 0 fully saturated rings. The van der Waals surface area contributed by atoms with E-state index in [-0.39, 0.29) is 19.0 Å². The Hall–Kier alpha value is -1.69. The molecule has 0 spiro atoms. The Bertz CT molecular complexity index is 482. The Kier molecular flexibility index (Phi) is 6.55. The number of hydrogen-bond donors (Lipinski definition) is 1. The summed E-state index contributed by atoms with van der Waals surface area (Å²) in [6, 6.07) is 2.93. The van der Waals surface area contributed by atoms with Crippen molar-refractivity contribution in [2.24, 2.45) is 0 Å². The van der Waals surface area contributed by atoms with Crippen molar-refractivity contribution in [3.63, 3.8) is 0 Å². The van der Waals surface area contributed by atoms with Gasteiger partial charge in [0.05, 0.1) is 6.61 Å². The summed E-state index contributed by atoms with van der Waals surface area (Å²) < 4.78 is 36.9. The van der Waals surface area contributed by atoms with E-state index in [2.05, 4.69) is 5.32 Å². The van der Waals surface area contributed by atoms with Gasteiger partial charge in [0.1, 0.15) is 18.0 Å². The van der Waals surface area contributed by atoms with Gasteiger partial charge in [-0.1, -0.05) is 6.92 Å². The van der Waals surface area contributed by atoms with Gasteiger partial charge in [-0.2, -0.15) is 0 Å². The van der Waals surface area contributed by atoms with Crippen molar-refractivity contribution in [1.29, 1.82) is 0 Å². The first-order chi connectivity index (χ1) is 9.92. The van der Waals surface area contributed by atoms with Crippen LogP contribution in [0, 0.1) is 11.6 Å². The van der Waals surface area contributed by atoms with Crippen LogP contribution in [0.3, 0.4) is 0 Å². The van der Waals surface area contributed by atoms with Crippen molar-refractivity contribution in [1.82, 2.24) is 5.32 Å². The number of halogens is 2. The van der Waals surface area contributed by atoms with Crippen LogP contribution < -0.4 is 10.1 Å². The number of esters is 1. The summed E-state index contributed by atoms with van der Waals surface area (Å²) in [6.07, 6.45) is 0.809. The summed E-state index contributed by atoms with van der Waals surface area (Å²) in [7, 11) is 0. The summed E-state index contributed by atoms with van der Waals surface area (Å²) in [5.41, 5.74) is -1.12. The van der Waals surface area contributed by atoms with Crippen LogP contribution in [-0.4, -0.2) is 31.3 Å². The molecule has 0 bridgehead atoms. The molecule has 0 saturated carbocycles. The molecule has 118 valence electrons. The van der Waals surface area contributed by atoms with Crippen LogP contribution in [0.25, 0.3) is 0 Å². The number of carbonyl (C=O) groups excluding carboxylic acids is 1. The van der Waals surface area contributed by atoms with Gasteiger partial charge >= 0.3 is 5.97 Å². The highest BCUT2D eigenvalue weighted by Crippen LogP contribution is 2.20. The zero-order valence-electron chi connectivity index (χ0n) is 12.5. The van der Waals surface area contributed by atoms with Crippen LogP contribution >= 0.6 is 0 Å². The lowest BCUT2D eigenvalue weighted by Gasteiger charge is -2.28. The van der Waals surface area contributed by atoms with Gasteiger partial charge in [-0.05, 0) is 38.9 Å². The lowest BCUT2D eigenvalue weighted by Crippen LogP contribution is -2.55. The quantitative estimate of drug-likeness (QED) is 0.750. The van der Waals surface area contributed by atoms with Crippen LogP contribution in [0.15, 0.2) is 18.2 Å². The van der Waals surface area contributed by atoms with Crippen LogP contribution in [0.2, 0.25) is 0 Å². The second-order valence-corrected chi connectivity index (χ2v) is 4.84. The fourth-order valence-corrected chi connectivity index (χ4v) is 1.68. The first-order valence-electron chi connectivity index (χ1n) is 6.93. The molecular weight excluding hydrogens is 280 g/mol. The Morgan fingerprint density at radius 1 is 1.33 bits per heavy atom. The Labute approximate surface area is 123 Å². The fraction of sp³-hybridized carbons (Fsp3) is 0.533. The molecule has 1 aromatic rings. The zero-order valence-corrected chi connectivity index (χ0v) is 12.5. The molecule has 21 heavy (non-hydrogen) atoms. The van der Waals surface area contributed by atoms with E-state index in [9.17, 15) is 13.6 Å². The van der Waals surface area contributed by atoms with E-state index in [4.69, 9.17) is 9.47 Å². The average Bonchev–Trinajstić information content (AvgIpc) is 2.46. The van der Waals surface area contributed by atoms with E-state index in [1.807, 2.05) is 6.92 Å². The molecule has 0 radical (unpaired) electrons. The third kappa shape index (κ3) is 4.97. The van der Waals surface area contributed by atoms with E-state index < -0.39 is 23.1 Å². The van der Waals surface area contributed by atoms with Gasteiger partial charge in [0.2, 0.25) is 0 Å². The zero-order chi connectivity index (χ0) is 15.9. The standard InChI is InChI=1S/C15H21F2NO3/c1-4-8-18-15(3,14(19)20-5-2)10-21-13-9-11(16)6-7-12(13)17/h6-7,9,18H,4-5,8,10H2,1-3H3. The van der Waals surface area contributed by atoms with Crippen molar-refractivity contribution in [2.75, 3.05) is 19.8 Å². The molecular formula is C15H21F2NO3. The number of rotatable bonds is 8. The Morgan fingerprint density at radius 2 is 2.05 bits per heavy atom. The molecule has 0 aliphatic carbocycles. The van der Waals surface area contributed by atoms with Crippen LogP contribution in [0.4, 0.5) is 8.78 Å². The highest BCUT2D eigenvalue weighted by molar-refractivity contribution is 5.80. The highest BCUT2D eigenvalue weighted by atomic mass is 19.1. The van der Waals surface area contributed by atoms with Crippen LogP contribution in [0.5, 0.6) is 5.75 Å². The van der Waals surface area contributed by atoms with E-state index in [0.717, 1.165) is 24.6 Å². The summed E-state index contributed by atoms with van der Waals surface area (Å²) >= 11 is 0. The number of ether oxygens (including phenoxy) is 2. The molecule has 1 rings (SSSR count). The minimum absolute atomic E-state index is 0.161. The molecule has 0 aliphatic heterocycles. The Morgan fingerprint density at radius 3 is 2.67 bits per heavy atom. The Balaban J connectivity index is 2.81. The van der Waals surface area contributed by atoms with Gasteiger partial charge in [0, 0.05) is 6.07 Å². The minimum atomic E-state index is -1.12. The molecule has 0 amide bonds. The van der Waals surface area contributed by atoms with Crippen molar-refractivity contribution in [2.45, 2.75) is 32.7 Å². The number of carbonyl (C=O) groups is 1. The largest absolute Gasteiger partial charge is 0.488 e. The van der Waals surface area contributed by atoms with Gasteiger partial charge < -0.3 is 9.47 Å². The topological polar surface area (TPSA) is 47.6 Å². The molecule has 0 aromatic heterocycles. The van der Waals surface area contributed by atoms with Crippen molar-refractivity contribution < 1.29 is 23.0 Å². The molecule has 0 heterocycles. The van der Waals surface area contributed by atoms with Gasteiger partial charge in [0.25, 0.3) is 0 Å². The molecule has 4 nitrogen and oxygen atoms in total. The van der Waals surface area contributed by atoms with Gasteiger partial charge in [0.15, 0.2) is 11.6 Å².